The topological polar surface area (TPSA) is 3.24 Å². The summed E-state index contributed by atoms with van der Waals surface area (Å²) in [6.07, 6.45) is 0. The van der Waals surface area contributed by atoms with E-state index in [0.29, 0.717) is 0 Å². The molecular weight excluding hydrogens is 169 g/mol. The Morgan fingerprint density at radius 1 is 1.80 bits per heavy atom. The Hall–Kier alpha value is 0.759. The molecule has 2 radical (unpaired) electrons. The molecule has 0 aromatic heterocycles. The quantitative estimate of drug-likeness (QED) is 0.500. The second kappa shape index (κ2) is 2.97. The molecule has 0 aliphatic rings. The van der Waals surface area contributed by atoms with Crippen molar-refractivity contribution >= 4 is 22.8 Å². The van der Waals surface area contributed by atoms with Crippen LogP contribution in [0.25, 0.3) is 0 Å². The van der Waals surface area contributed by atoms with Gasteiger partial charge in [-0.1, -0.05) is 0 Å². The van der Waals surface area contributed by atoms with Gasteiger partial charge in [0.1, 0.15) is 0 Å². The molecule has 0 fully saturated rings. The normalized spacial score (nSPS) is 9.60. The summed E-state index contributed by atoms with van der Waals surface area (Å²) >= 11 is 1.26. The zero-order valence-electron chi connectivity index (χ0n) is 3.73. The van der Waals surface area contributed by atoms with Crippen molar-refractivity contribution < 1.29 is 0 Å². The van der Waals surface area contributed by atoms with Gasteiger partial charge in [0, 0.05) is 0 Å². The maximum absolute atomic E-state index is 2.26. The summed E-state index contributed by atoms with van der Waals surface area (Å²) in [6.45, 7) is 3.35. The van der Waals surface area contributed by atoms with Gasteiger partial charge in [-0.3, -0.25) is 0 Å². The fourth-order valence-corrected chi connectivity index (χ4v) is 0. The number of hydrogen-bond acceptors (Lipinski definition) is 1. The third kappa shape index (κ3) is 4.76. The monoisotopic (exact) mass is 179 g/mol. The SMILES string of the molecule is CC[N](C)[SnH]. The molecule has 1 nitrogen and oxygen atoms in total. The zero-order chi connectivity index (χ0) is 4.28. The van der Waals surface area contributed by atoms with Crippen LogP contribution >= 0.6 is 0 Å². The van der Waals surface area contributed by atoms with Gasteiger partial charge in [0.25, 0.3) is 0 Å². The molecule has 0 saturated heterocycles. The number of rotatable bonds is 1. The fraction of sp³-hybridized carbons (Fsp3) is 1.00. The van der Waals surface area contributed by atoms with E-state index >= 15 is 0 Å². The van der Waals surface area contributed by atoms with Crippen molar-refractivity contribution in [1.82, 2.24) is 3.12 Å². The summed E-state index contributed by atoms with van der Waals surface area (Å²) in [5, 5.41) is 0. The Kier molecular flexibility index (Phi) is 3.42. The molecule has 2 heteroatoms. The Morgan fingerprint density at radius 3 is 2.00 bits per heavy atom. The van der Waals surface area contributed by atoms with Crippen LogP contribution in [-0.4, -0.2) is 39.5 Å². The van der Waals surface area contributed by atoms with E-state index in [4.69, 9.17) is 0 Å². The predicted molar refractivity (Wildman–Crippen MR) is 25.5 cm³/mol. The molecule has 5 heavy (non-hydrogen) atoms. The molecule has 0 heterocycles. The van der Waals surface area contributed by atoms with Gasteiger partial charge in [0.15, 0.2) is 0 Å². The van der Waals surface area contributed by atoms with Crippen molar-refractivity contribution in [3.63, 3.8) is 0 Å². The van der Waals surface area contributed by atoms with E-state index in [-0.39, 0.29) is 0 Å². The van der Waals surface area contributed by atoms with Crippen LogP contribution in [0.5, 0.6) is 0 Å². The van der Waals surface area contributed by atoms with Gasteiger partial charge in [0.2, 0.25) is 0 Å². The van der Waals surface area contributed by atoms with Gasteiger partial charge in [-0.25, -0.2) is 0 Å². The summed E-state index contributed by atoms with van der Waals surface area (Å²) in [7, 11) is 2.11. The van der Waals surface area contributed by atoms with Crippen molar-refractivity contribution in [2.75, 3.05) is 13.6 Å². The summed E-state index contributed by atoms with van der Waals surface area (Å²) in [4.78, 5) is 0. The van der Waals surface area contributed by atoms with E-state index in [1.807, 2.05) is 0 Å². The summed E-state index contributed by atoms with van der Waals surface area (Å²) in [5.41, 5.74) is 0. The molecule has 0 spiro atoms. The maximum atomic E-state index is 2.26. The van der Waals surface area contributed by atoms with Gasteiger partial charge in [0.05, 0.1) is 0 Å². The molecule has 0 aromatic rings. The molecule has 0 N–H and O–H groups in total. The first-order valence-corrected chi connectivity index (χ1v) is 3.20. The average molecular weight is 178 g/mol. The van der Waals surface area contributed by atoms with Crippen LogP contribution in [0.15, 0.2) is 0 Å². The first-order chi connectivity index (χ1) is 2.27. The molecule has 0 bridgehead atoms. The Labute approximate surface area is 46.8 Å². The minimum absolute atomic E-state index is 1.20. The van der Waals surface area contributed by atoms with E-state index < -0.39 is 0 Å². The van der Waals surface area contributed by atoms with Crippen LogP contribution in [0, 0.1) is 0 Å². The Morgan fingerprint density at radius 2 is 2.00 bits per heavy atom. The summed E-state index contributed by atoms with van der Waals surface area (Å²) in [5.74, 6) is 0. The van der Waals surface area contributed by atoms with E-state index in [0.717, 1.165) is 0 Å². The Bertz CT molecular complexity index is 20.9. The zero-order valence-corrected chi connectivity index (χ0v) is 7.03. The van der Waals surface area contributed by atoms with Crippen LogP contribution < -0.4 is 0 Å². The van der Waals surface area contributed by atoms with Gasteiger partial charge in [-0.2, -0.15) is 0 Å². The molecular formula is C3H9NSn. The van der Waals surface area contributed by atoms with Crippen molar-refractivity contribution in [3.8, 4) is 0 Å². The van der Waals surface area contributed by atoms with Gasteiger partial charge < -0.3 is 0 Å². The van der Waals surface area contributed by atoms with Crippen LogP contribution in [0.2, 0.25) is 0 Å². The third-order valence-electron chi connectivity index (χ3n) is 0.499. The van der Waals surface area contributed by atoms with Crippen LogP contribution in [0.4, 0.5) is 0 Å². The van der Waals surface area contributed by atoms with E-state index in [1.165, 1.54) is 29.3 Å². The molecule has 0 unspecified atom stereocenters. The molecule has 0 aromatic carbocycles. The Balaban J connectivity index is 2.54. The first kappa shape index (κ1) is 5.76. The van der Waals surface area contributed by atoms with E-state index in [2.05, 4.69) is 17.1 Å². The molecule has 0 amide bonds. The van der Waals surface area contributed by atoms with Gasteiger partial charge in [-0.15, -0.1) is 0 Å². The second-order valence-electron chi connectivity index (χ2n) is 1.07. The molecule has 0 atom stereocenters. The number of nitrogens with zero attached hydrogens (tertiary/aromatic N) is 1. The van der Waals surface area contributed by atoms with Crippen LogP contribution in [0.3, 0.4) is 0 Å². The van der Waals surface area contributed by atoms with E-state index in [9.17, 15) is 0 Å². The predicted octanol–water partition coefficient (Wildman–Crippen LogP) is -0.246. The second-order valence-corrected chi connectivity index (χ2v) is 3.59. The van der Waals surface area contributed by atoms with Crippen LogP contribution in [0.1, 0.15) is 6.92 Å². The van der Waals surface area contributed by atoms with Crippen molar-refractivity contribution in [1.29, 1.82) is 0 Å². The summed E-state index contributed by atoms with van der Waals surface area (Å²) in [6, 6.07) is 0. The standard InChI is InChI=1S/C3H8N.Sn.H/c1-3-4-2;;/h3H2,1-2H3;;/q-1;+1;. The van der Waals surface area contributed by atoms with Crippen molar-refractivity contribution in [2.24, 2.45) is 0 Å². The molecule has 0 aliphatic heterocycles. The molecule has 30 valence electrons. The first-order valence-electron chi connectivity index (χ1n) is 1.73. The van der Waals surface area contributed by atoms with Gasteiger partial charge >= 0.3 is 46.4 Å². The summed E-state index contributed by atoms with van der Waals surface area (Å²) < 4.78 is 2.26. The minimum atomic E-state index is 1.20. The van der Waals surface area contributed by atoms with Crippen molar-refractivity contribution in [2.45, 2.75) is 6.92 Å². The molecule has 0 rings (SSSR count). The molecule has 0 saturated carbocycles. The van der Waals surface area contributed by atoms with Crippen LogP contribution in [-0.2, 0) is 0 Å². The molecule has 0 aliphatic carbocycles. The third-order valence-corrected chi connectivity index (χ3v) is 1.54. The van der Waals surface area contributed by atoms with E-state index in [1.54, 1.807) is 0 Å². The number of hydrogen-bond donors (Lipinski definition) is 0. The average Bonchev–Trinajstić information content (AvgIpc) is 1.38. The van der Waals surface area contributed by atoms with Crippen molar-refractivity contribution in [3.05, 3.63) is 0 Å². The van der Waals surface area contributed by atoms with Gasteiger partial charge in [-0.05, 0) is 0 Å². The fourth-order valence-electron chi connectivity index (χ4n) is 0.